The molecule has 0 saturated carbocycles. The molecule has 73 valence electrons. The summed E-state index contributed by atoms with van der Waals surface area (Å²) in [5, 5.41) is 0. The molecular weight excluding hydrogens is 196 g/mol. The maximum absolute atomic E-state index is 12.8. The van der Waals surface area contributed by atoms with Crippen molar-refractivity contribution in [2.24, 2.45) is 5.84 Å². The topological polar surface area (TPSA) is 85.1 Å². The summed E-state index contributed by atoms with van der Waals surface area (Å²) >= 11 is 0. The fourth-order valence-corrected chi connectivity index (χ4v) is 0.838. The van der Waals surface area contributed by atoms with Crippen molar-refractivity contribution < 1.29 is 18.4 Å². The number of hydrogen-bond donors (Lipinski definition) is 2. The molecule has 0 unspecified atom stereocenters. The zero-order valence-corrected chi connectivity index (χ0v) is 6.67. The fraction of sp³-hybridized carbons (Fsp3) is 0. The minimum Gasteiger partial charge on any atom is -0.290 e. The molecule has 0 aromatic carbocycles. The van der Waals surface area contributed by atoms with Gasteiger partial charge in [0, 0.05) is 6.07 Å². The van der Waals surface area contributed by atoms with Gasteiger partial charge in [-0.1, -0.05) is 0 Å². The third kappa shape index (κ3) is 1.72. The van der Waals surface area contributed by atoms with Crippen molar-refractivity contribution in [1.82, 2.24) is 10.4 Å². The van der Waals surface area contributed by atoms with Crippen LogP contribution in [-0.2, 0) is 4.79 Å². The average Bonchev–Trinajstić information content (AvgIpc) is 2.15. The molecule has 0 atom stereocenters. The second-order valence-corrected chi connectivity index (χ2v) is 2.23. The molecule has 0 spiro atoms. The zero-order valence-electron chi connectivity index (χ0n) is 6.67. The highest BCUT2D eigenvalue weighted by molar-refractivity contribution is 6.01. The first-order valence-electron chi connectivity index (χ1n) is 3.35. The lowest BCUT2D eigenvalue weighted by atomic mass is 10.1. The van der Waals surface area contributed by atoms with Crippen molar-refractivity contribution in [2.45, 2.75) is 0 Å². The third-order valence-electron chi connectivity index (χ3n) is 1.42. The van der Waals surface area contributed by atoms with Gasteiger partial charge in [-0.25, -0.2) is 5.84 Å². The Labute approximate surface area is 76.9 Å². The SMILES string of the molecule is NNC(=O)c1cc(F)nc(F)c1[C]=O. The maximum atomic E-state index is 12.8. The summed E-state index contributed by atoms with van der Waals surface area (Å²) in [5.74, 6) is 1.11. The summed E-state index contributed by atoms with van der Waals surface area (Å²) in [4.78, 5) is 23.9. The quantitative estimate of drug-likeness (QED) is 0.289. The van der Waals surface area contributed by atoms with E-state index < -0.39 is 28.9 Å². The van der Waals surface area contributed by atoms with Gasteiger partial charge in [-0.05, 0) is 0 Å². The average molecular weight is 200 g/mol. The second-order valence-electron chi connectivity index (χ2n) is 2.23. The molecule has 1 amide bonds. The highest BCUT2D eigenvalue weighted by Crippen LogP contribution is 2.10. The number of nitrogens with zero attached hydrogens (tertiary/aromatic N) is 1. The number of halogens is 2. The normalized spacial score (nSPS) is 9.64. The number of hydrazine groups is 1. The van der Waals surface area contributed by atoms with Crippen LogP contribution in [0.4, 0.5) is 8.78 Å². The van der Waals surface area contributed by atoms with E-state index in [1.54, 1.807) is 5.43 Å². The largest absolute Gasteiger partial charge is 0.290 e. The van der Waals surface area contributed by atoms with Crippen LogP contribution < -0.4 is 11.3 Å². The molecule has 1 heterocycles. The van der Waals surface area contributed by atoms with E-state index in [1.165, 1.54) is 0 Å². The van der Waals surface area contributed by atoms with Crippen LogP contribution >= 0.6 is 0 Å². The van der Waals surface area contributed by atoms with Gasteiger partial charge in [0.2, 0.25) is 18.2 Å². The molecular formula is C7H4F2N3O2. The molecule has 14 heavy (non-hydrogen) atoms. The summed E-state index contributed by atoms with van der Waals surface area (Å²) in [6, 6.07) is 0.589. The van der Waals surface area contributed by atoms with Gasteiger partial charge in [-0.15, -0.1) is 0 Å². The number of nitrogens with two attached hydrogens (primary N) is 1. The summed E-state index contributed by atoms with van der Waals surface area (Å²) in [5.41, 5.74) is 0.328. The number of carbonyl (C=O) groups excluding carboxylic acids is 2. The van der Waals surface area contributed by atoms with Crippen LogP contribution in [0.3, 0.4) is 0 Å². The van der Waals surface area contributed by atoms with Crippen molar-refractivity contribution in [2.75, 3.05) is 0 Å². The zero-order chi connectivity index (χ0) is 10.7. The molecule has 1 radical (unpaired) electrons. The van der Waals surface area contributed by atoms with Gasteiger partial charge in [0.1, 0.15) is 0 Å². The Bertz CT molecular complexity index is 395. The van der Waals surface area contributed by atoms with Crippen LogP contribution in [0.25, 0.3) is 0 Å². The van der Waals surface area contributed by atoms with Crippen molar-refractivity contribution in [3.8, 4) is 0 Å². The molecule has 5 nitrogen and oxygen atoms in total. The highest BCUT2D eigenvalue weighted by Gasteiger charge is 2.17. The monoisotopic (exact) mass is 200 g/mol. The van der Waals surface area contributed by atoms with Crippen LogP contribution in [0.15, 0.2) is 6.07 Å². The number of nitrogens with one attached hydrogen (secondary N) is 1. The number of carbonyl (C=O) groups is 1. The number of rotatable bonds is 2. The van der Waals surface area contributed by atoms with Crippen LogP contribution in [0.5, 0.6) is 0 Å². The molecule has 1 aromatic heterocycles. The minimum atomic E-state index is -1.40. The molecule has 0 aliphatic carbocycles. The number of nitrogen functional groups attached to an aromatic ring is 1. The number of pyridine rings is 1. The summed E-state index contributed by atoms with van der Waals surface area (Å²) in [7, 11) is 0. The fourth-order valence-electron chi connectivity index (χ4n) is 0.838. The van der Waals surface area contributed by atoms with Gasteiger partial charge in [-0.3, -0.25) is 15.0 Å². The van der Waals surface area contributed by atoms with E-state index >= 15 is 0 Å². The molecule has 0 aliphatic rings. The molecule has 0 saturated heterocycles. The van der Waals surface area contributed by atoms with Crippen molar-refractivity contribution in [3.63, 3.8) is 0 Å². The highest BCUT2D eigenvalue weighted by atomic mass is 19.1. The molecule has 0 bridgehead atoms. The molecule has 1 aromatic rings. The van der Waals surface area contributed by atoms with Crippen molar-refractivity contribution in [3.05, 3.63) is 29.1 Å². The first-order valence-corrected chi connectivity index (χ1v) is 3.35. The van der Waals surface area contributed by atoms with Crippen LogP contribution in [0.1, 0.15) is 15.9 Å². The maximum Gasteiger partial charge on any atom is 0.266 e. The molecule has 0 fully saturated rings. The Hall–Kier alpha value is -1.89. The number of aromatic nitrogens is 1. The Morgan fingerprint density at radius 1 is 1.57 bits per heavy atom. The standard InChI is InChI=1S/C7H4F2N3O2/c8-5-1-3(7(14)12-10)4(2-13)6(9)11-5/h1H,10H2,(H,12,14). The Morgan fingerprint density at radius 3 is 2.71 bits per heavy atom. The van der Waals surface area contributed by atoms with Crippen LogP contribution in [0.2, 0.25) is 0 Å². The van der Waals surface area contributed by atoms with E-state index in [0.29, 0.717) is 6.07 Å². The predicted molar refractivity (Wildman–Crippen MR) is 40.6 cm³/mol. The lowest BCUT2D eigenvalue weighted by molar-refractivity contribution is 0.0952. The summed E-state index contributed by atoms with van der Waals surface area (Å²) < 4.78 is 25.3. The van der Waals surface area contributed by atoms with E-state index in [9.17, 15) is 18.4 Å². The van der Waals surface area contributed by atoms with Gasteiger partial charge in [-0.2, -0.15) is 13.8 Å². The minimum absolute atomic E-state index is 0.549. The first-order chi connectivity index (χ1) is 6.60. The van der Waals surface area contributed by atoms with E-state index in [4.69, 9.17) is 5.84 Å². The third-order valence-corrected chi connectivity index (χ3v) is 1.42. The van der Waals surface area contributed by atoms with Gasteiger partial charge in [0.25, 0.3) is 5.91 Å². The Kier molecular flexibility index (Phi) is 2.82. The predicted octanol–water partition coefficient (Wildman–Crippen LogP) is -0.579. The van der Waals surface area contributed by atoms with E-state index in [-0.39, 0.29) is 0 Å². The van der Waals surface area contributed by atoms with Gasteiger partial charge in [0.15, 0.2) is 0 Å². The smallest absolute Gasteiger partial charge is 0.266 e. The Balaban J connectivity index is 3.39. The summed E-state index contributed by atoms with van der Waals surface area (Å²) in [6.07, 6.45) is 1.14. The second kappa shape index (κ2) is 3.88. The van der Waals surface area contributed by atoms with Crippen LogP contribution in [-0.4, -0.2) is 17.2 Å². The van der Waals surface area contributed by atoms with Crippen molar-refractivity contribution >= 4 is 12.2 Å². The molecule has 3 N–H and O–H groups in total. The van der Waals surface area contributed by atoms with E-state index in [2.05, 4.69) is 4.98 Å². The number of amides is 1. The Morgan fingerprint density at radius 2 is 2.21 bits per heavy atom. The van der Waals surface area contributed by atoms with Gasteiger partial charge < -0.3 is 0 Å². The van der Waals surface area contributed by atoms with Gasteiger partial charge >= 0.3 is 0 Å². The van der Waals surface area contributed by atoms with Gasteiger partial charge in [0.05, 0.1) is 11.1 Å². The lowest BCUT2D eigenvalue weighted by Gasteiger charge is -2.02. The first kappa shape index (κ1) is 10.2. The lowest BCUT2D eigenvalue weighted by Crippen LogP contribution is -2.31. The molecule has 7 heteroatoms. The van der Waals surface area contributed by atoms with Crippen molar-refractivity contribution in [1.29, 1.82) is 0 Å². The number of hydrogen-bond acceptors (Lipinski definition) is 4. The molecule has 1 rings (SSSR count). The van der Waals surface area contributed by atoms with E-state index in [0.717, 1.165) is 6.29 Å². The molecule has 0 aliphatic heterocycles. The summed E-state index contributed by atoms with van der Waals surface area (Å²) in [6.45, 7) is 0. The van der Waals surface area contributed by atoms with Crippen LogP contribution in [0, 0.1) is 11.9 Å². The van der Waals surface area contributed by atoms with E-state index in [1.807, 2.05) is 0 Å².